The predicted octanol–water partition coefficient (Wildman–Crippen LogP) is 6.13. The number of nitriles is 1. The highest BCUT2D eigenvalue weighted by atomic mass is 16.3. The molecule has 5 rings (SSSR count). The van der Waals surface area contributed by atoms with Gasteiger partial charge in [-0.25, -0.2) is 4.85 Å². The van der Waals surface area contributed by atoms with E-state index in [0.717, 1.165) is 44.2 Å². The van der Waals surface area contributed by atoms with Crippen molar-refractivity contribution in [1.29, 1.82) is 5.26 Å². The Labute approximate surface area is 166 Å². The van der Waals surface area contributed by atoms with Crippen LogP contribution in [0.15, 0.2) is 77.7 Å². The number of hydrogen-bond acceptors (Lipinski definition) is 4. The minimum Gasteiger partial charge on any atom is -0.456 e. The molecule has 134 valence electrons. The Kier molecular flexibility index (Phi) is 3.79. The average Bonchev–Trinajstić information content (AvgIpc) is 3.16. The van der Waals surface area contributed by atoms with Gasteiger partial charge in [0, 0.05) is 41.1 Å². The third kappa shape index (κ3) is 2.88. The molecule has 29 heavy (non-hydrogen) atoms. The summed E-state index contributed by atoms with van der Waals surface area (Å²) in [6.07, 6.45) is 6.57. The summed E-state index contributed by atoms with van der Waals surface area (Å²) in [6.45, 7) is 7.17. The number of benzene rings is 2. The molecule has 0 radical (unpaired) electrons. The van der Waals surface area contributed by atoms with Crippen molar-refractivity contribution in [3.05, 3.63) is 90.3 Å². The minimum atomic E-state index is 0.505. The molecule has 3 heterocycles. The Morgan fingerprint density at radius 1 is 0.759 bits per heavy atom. The zero-order chi connectivity index (χ0) is 19.8. The summed E-state index contributed by atoms with van der Waals surface area (Å²) >= 11 is 0. The topological polar surface area (TPSA) is 67.1 Å². The molecule has 0 aliphatic heterocycles. The van der Waals surface area contributed by atoms with Crippen LogP contribution in [0.1, 0.15) is 5.56 Å². The normalized spacial score (nSPS) is 10.7. The molecule has 0 spiro atoms. The highest BCUT2D eigenvalue weighted by Gasteiger charge is 2.11. The number of pyridine rings is 2. The first-order chi connectivity index (χ1) is 14.2. The van der Waals surface area contributed by atoms with Crippen LogP contribution in [0.25, 0.3) is 49.0 Å². The molecule has 0 saturated carbocycles. The maximum Gasteiger partial charge on any atom is 0.205 e. The van der Waals surface area contributed by atoms with E-state index in [2.05, 4.69) is 20.9 Å². The van der Waals surface area contributed by atoms with Crippen LogP contribution in [-0.2, 0) is 0 Å². The van der Waals surface area contributed by atoms with Crippen LogP contribution in [0.4, 0.5) is 5.69 Å². The first kappa shape index (κ1) is 16.7. The molecule has 5 heteroatoms. The van der Waals surface area contributed by atoms with Crippen molar-refractivity contribution >= 4 is 27.6 Å². The maximum absolute atomic E-state index is 9.10. The first-order valence-electron chi connectivity index (χ1n) is 8.90. The molecule has 0 N–H and O–H groups in total. The van der Waals surface area contributed by atoms with Gasteiger partial charge >= 0.3 is 0 Å². The van der Waals surface area contributed by atoms with E-state index < -0.39 is 0 Å². The van der Waals surface area contributed by atoms with E-state index in [1.165, 1.54) is 0 Å². The van der Waals surface area contributed by atoms with Gasteiger partial charge in [-0.05, 0) is 53.1 Å². The third-order valence-corrected chi connectivity index (χ3v) is 4.86. The summed E-state index contributed by atoms with van der Waals surface area (Å²) in [5.41, 5.74) is 6.19. The van der Waals surface area contributed by atoms with Gasteiger partial charge in [-0.1, -0.05) is 12.1 Å². The SMILES string of the molecule is [C-]#[N+]c1cncc(-c2ccc3c(c2)oc2cc(-c4cncc(C#N)c4)ccc23)c1. The fourth-order valence-electron chi connectivity index (χ4n) is 3.44. The monoisotopic (exact) mass is 372 g/mol. The number of hydrogen-bond donors (Lipinski definition) is 0. The van der Waals surface area contributed by atoms with Crippen LogP contribution in [0, 0.1) is 17.9 Å². The van der Waals surface area contributed by atoms with Crippen molar-refractivity contribution in [1.82, 2.24) is 9.97 Å². The summed E-state index contributed by atoms with van der Waals surface area (Å²) in [5.74, 6) is 0. The number of nitrogens with zero attached hydrogens (tertiary/aromatic N) is 4. The molecule has 3 aromatic heterocycles. The zero-order valence-electron chi connectivity index (χ0n) is 15.1. The summed E-state index contributed by atoms with van der Waals surface area (Å²) in [4.78, 5) is 11.7. The molecule has 2 aromatic carbocycles. The highest BCUT2D eigenvalue weighted by molar-refractivity contribution is 6.06. The van der Waals surface area contributed by atoms with E-state index in [1.54, 1.807) is 24.8 Å². The molecule has 0 atom stereocenters. The van der Waals surface area contributed by atoms with Gasteiger partial charge in [0.15, 0.2) is 0 Å². The molecule has 5 nitrogen and oxygen atoms in total. The Morgan fingerprint density at radius 2 is 1.38 bits per heavy atom. The first-order valence-corrected chi connectivity index (χ1v) is 8.90. The van der Waals surface area contributed by atoms with Crippen molar-refractivity contribution in [2.24, 2.45) is 0 Å². The molecule has 0 aliphatic carbocycles. The average molecular weight is 372 g/mol. The van der Waals surface area contributed by atoms with Gasteiger partial charge in [-0.2, -0.15) is 5.26 Å². The van der Waals surface area contributed by atoms with Gasteiger partial charge in [-0.15, -0.1) is 0 Å². The minimum absolute atomic E-state index is 0.505. The van der Waals surface area contributed by atoms with Crippen molar-refractivity contribution in [2.45, 2.75) is 0 Å². The van der Waals surface area contributed by atoms with Crippen LogP contribution >= 0.6 is 0 Å². The number of fused-ring (bicyclic) bond motifs is 3. The quantitative estimate of drug-likeness (QED) is 0.349. The lowest BCUT2D eigenvalue weighted by molar-refractivity contribution is 0.669. The molecule has 0 amide bonds. The van der Waals surface area contributed by atoms with E-state index in [1.807, 2.05) is 48.5 Å². The molecule has 0 aliphatic rings. The number of aromatic nitrogens is 2. The van der Waals surface area contributed by atoms with Gasteiger partial charge < -0.3 is 4.42 Å². The molecular weight excluding hydrogens is 360 g/mol. The van der Waals surface area contributed by atoms with Gasteiger partial charge in [0.2, 0.25) is 5.69 Å². The summed E-state index contributed by atoms with van der Waals surface area (Å²) < 4.78 is 6.12. The lowest BCUT2D eigenvalue weighted by atomic mass is 10.0. The van der Waals surface area contributed by atoms with Crippen LogP contribution in [0.2, 0.25) is 0 Å². The molecule has 0 saturated heterocycles. The van der Waals surface area contributed by atoms with Crippen LogP contribution < -0.4 is 0 Å². The zero-order valence-corrected chi connectivity index (χ0v) is 15.1. The van der Waals surface area contributed by atoms with Crippen molar-refractivity contribution in [3.63, 3.8) is 0 Å². The summed E-state index contributed by atoms with van der Waals surface area (Å²) in [7, 11) is 0. The Balaban J connectivity index is 1.63. The fourth-order valence-corrected chi connectivity index (χ4v) is 3.44. The summed E-state index contributed by atoms with van der Waals surface area (Å²) in [5, 5.41) is 11.1. The van der Waals surface area contributed by atoms with Gasteiger partial charge in [0.25, 0.3) is 0 Å². The van der Waals surface area contributed by atoms with E-state index in [4.69, 9.17) is 16.3 Å². The lowest BCUT2D eigenvalue weighted by Crippen LogP contribution is -1.83. The van der Waals surface area contributed by atoms with Crippen LogP contribution in [0.3, 0.4) is 0 Å². The van der Waals surface area contributed by atoms with E-state index >= 15 is 0 Å². The Hall–Kier alpha value is -4.48. The molecule has 0 unspecified atom stereocenters. The second-order valence-electron chi connectivity index (χ2n) is 6.64. The van der Waals surface area contributed by atoms with Crippen molar-refractivity contribution in [2.75, 3.05) is 0 Å². The second-order valence-corrected chi connectivity index (χ2v) is 6.64. The summed E-state index contributed by atoms with van der Waals surface area (Å²) in [6, 6.07) is 17.7. The van der Waals surface area contributed by atoms with Crippen molar-refractivity contribution < 1.29 is 4.42 Å². The largest absolute Gasteiger partial charge is 0.456 e. The second kappa shape index (κ2) is 6.60. The Morgan fingerprint density at radius 3 is 2.00 bits per heavy atom. The Bertz CT molecular complexity index is 1370. The molecule has 0 bridgehead atoms. The van der Waals surface area contributed by atoms with Gasteiger partial charge in [0.1, 0.15) is 17.2 Å². The predicted molar refractivity (Wildman–Crippen MR) is 111 cm³/mol. The van der Waals surface area contributed by atoms with E-state index in [0.29, 0.717) is 11.3 Å². The van der Waals surface area contributed by atoms with E-state index in [-0.39, 0.29) is 0 Å². The highest BCUT2D eigenvalue weighted by Crippen LogP contribution is 2.35. The van der Waals surface area contributed by atoms with Crippen molar-refractivity contribution in [3.8, 4) is 28.3 Å². The van der Waals surface area contributed by atoms with Gasteiger partial charge in [0.05, 0.1) is 12.1 Å². The van der Waals surface area contributed by atoms with E-state index in [9.17, 15) is 0 Å². The van der Waals surface area contributed by atoms with Gasteiger partial charge in [-0.3, -0.25) is 9.97 Å². The smallest absolute Gasteiger partial charge is 0.205 e. The number of rotatable bonds is 2. The van der Waals surface area contributed by atoms with Crippen LogP contribution in [0.5, 0.6) is 0 Å². The maximum atomic E-state index is 9.10. The third-order valence-electron chi connectivity index (χ3n) is 4.86. The lowest BCUT2D eigenvalue weighted by Gasteiger charge is -2.02. The fraction of sp³-hybridized carbons (Fsp3) is 0. The molecule has 0 fully saturated rings. The standard InChI is InChI=1S/C24H12N4O/c1-26-20-7-19(13-28-14-20)17-3-5-22-21-4-2-16(8-23(21)29-24(22)9-17)18-6-15(10-25)11-27-12-18/h2-9,11-14H. The molecule has 5 aromatic rings. The number of furan rings is 1. The molecular formula is C24H12N4O. The van der Waals surface area contributed by atoms with Crippen LogP contribution in [-0.4, -0.2) is 9.97 Å².